The smallest absolute Gasteiger partial charge is 0.262 e. The minimum Gasteiger partial charge on any atom is -0.355 e. The number of carbonyl (C=O) groups excluding carboxylic acids is 2. The number of hydrogen-bond acceptors (Lipinski definition) is 7. The predicted octanol–water partition coefficient (Wildman–Crippen LogP) is 1.21. The number of nitrogens with one attached hydrogen (secondary N) is 2. The van der Waals surface area contributed by atoms with Gasteiger partial charge >= 0.3 is 0 Å². The Morgan fingerprint density at radius 3 is 2.53 bits per heavy atom. The Bertz CT molecular complexity index is 829. The van der Waals surface area contributed by atoms with Crippen molar-refractivity contribution in [1.82, 2.24) is 19.8 Å². The fourth-order valence-corrected chi connectivity index (χ4v) is 7.48. The lowest BCUT2D eigenvalue weighted by Crippen LogP contribution is -2.47. The number of thiophene rings is 1. The third kappa shape index (κ3) is 5.97. The van der Waals surface area contributed by atoms with Crippen molar-refractivity contribution in [1.29, 1.82) is 0 Å². The molecular weight excluding hydrogens is 444 g/mol. The van der Waals surface area contributed by atoms with Crippen LogP contribution in [0.5, 0.6) is 0 Å². The summed E-state index contributed by atoms with van der Waals surface area (Å²) < 4.78 is 27.4. The molecule has 3 rings (SSSR count). The van der Waals surface area contributed by atoms with Crippen LogP contribution in [0.3, 0.4) is 0 Å². The maximum Gasteiger partial charge on any atom is 0.262 e. The van der Waals surface area contributed by atoms with Crippen LogP contribution in [0.15, 0.2) is 16.3 Å². The molecule has 0 aliphatic carbocycles. The maximum atomic E-state index is 13.0. The SMILES string of the molecule is CCCNC(=O)CN1CCC(NC(=O)c2sccc2S(=O)(=O)N2CCSCC2)CC1. The molecule has 0 radical (unpaired) electrons. The van der Waals surface area contributed by atoms with Crippen LogP contribution in [-0.4, -0.2) is 86.3 Å². The topological polar surface area (TPSA) is 98.8 Å². The van der Waals surface area contributed by atoms with E-state index in [0.717, 1.165) is 43.9 Å². The van der Waals surface area contributed by atoms with Gasteiger partial charge in [0.25, 0.3) is 5.91 Å². The Balaban J connectivity index is 1.54. The summed E-state index contributed by atoms with van der Waals surface area (Å²) in [5.41, 5.74) is 0. The molecule has 2 fully saturated rings. The van der Waals surface area contributed by atoms with Gasteiger partial charge in [0, 0.05) is 50.3 Å². The molecule has 1 aromatic rings. The molecule has 0 unspecified atom stereocenters. The third-order valence-electron chi connectivity index (χ3n) is 5.29. The third-order valence-corrected chi connectivity index (χ3v) is 9.21. The molecule has 1 aromatic heterocycles. The molecule has 30 heavy (non-hydrogen) atoms. The van der Waals surface area contributed by atoms with E-state index in [1.165, 1.54) is 21.7 Å². The van der Waals surface area contributed by atoms with E-state index in [-0.39, 0.29) is 27.6 Å². The van der Waals surface area contributed by atoms with Crippen LogP contribution in [0, 0.1) is 0 Å². The van der Waals surface area contributed by atoms with E-state index in [1.54, 1.807) is 17.1 Å². The van der Waals surface area contributed by atoms with Crippen molar-refractivity contribution in [3.05, 3.63) is 16.3 Å². The molecule has 0 saturated carbocycles. The van der Waals surface area contributed by atoms with Gasteiger partial charge in [-0.15, -0.1) is 11.3 Å². The Morgan fingerprint density at radius 2 is 1.87 bits per heavy atom. The van der Waals surface area contributed by atoms with E-state index >= 15 is 0 Å². The van der Waals surface area contributed by atoms with Crippen LogP contribution in [-0.2, 0) is 14.8 Å². The number of amides is 2. The molecule has 8 nitrogen and oxygen atoms in total. The highest BCUT2D eigenvalue weighted by Gasteiger charge is 2.32. The monoisotopic (exact) mass is 474 g/mol. The fraction of sp³-hybridized carbons (Fsp3) is 0.684. The van der Waals surface area contributed by atoms with Crippen molar-refractivity contribution in [3.8, 4) is 0 Å². The molecule has 0 atom stereocenters. The van der Waals surface area contributed by atoms with Crippen molar-refractivity contribution in [2.75, 3.05) is 50.8 Å². The standard InChI is InChI=1S/C19H30N4O4S3/c1-2-6-20-17(24)14-22-7-3-15(4-8-22)21-19(25)18-16(5-11-29-18)30(26,27)23-9-12-28-13-10-23/h5,11,15H,2-4,6-10,12-14H2,1H3,(H,20,24)(H,21,25). The summed E-state index contributed by atoms with van der Waals surface area (Å²) in [6.07, 6.45) is 2.39. The minimum atomic E-state index is -3.65. The van der Waals surface area contributed by atoms with E-state index in [0.29, 0.717) is 26.2 Å². The molecule has 0 bridgehead atoms. The fourth-order valence-electron chi connectivity index (χ4n) is 3.60. The summed E-state index contributed by atoms with van der Waals surface area (Å²) >= 11 is 2.91. The van der Waals surface area contributed by atoms with Gasteiger partial charge in [-0.1, -0.05) is 6.92 Å². The highest BCUT2D eigenvalue weighted by atomic mass is 32.2. The van der Waals surface area contributed by atoms with Gasteiger partial charge in [-0.05, 0) is 30.7 Å². The van der Waals surface area contributed by atoms with Crippen LogP contribution in [0.1, 0.15) is 35.9 Å². The molecule has 2 aliphatic heterocycles. The van der Waals surface area contributed by atoms with Crippen molar-refractivity contribution in [3.63, 3.8) is 0 Å². The van der Waals surface area contributed by atoms with E-state index < -0.39 is 10.0 Å². The lowest BCUT2D eigenvalue weighted by Gasteiger charge is -2.32. The molecule has 0 aromatic carbocycles. The number of nitrogens with zero attached hydrogens (tertiary/aromatic N) is 2. The number of carbonyl (C=O) groups is 2. The summed E-state index contributed by atoms with van der Waals surface area (Å²) in [6.45, 7) is 5.50. The van der Waals surface area contributed by atoms with E-state index in [1.807, 2.05) is 6.92 Å². The second kappa shape index (κ2) is 10.9. The highest BCUT2D eigenvalue weighted by Crippen LogP contribution is 2.27. The first-order valence-corrected chi connectivity index (χ1v) is 13.8. The average Bonchev–Trinajstić information content (AvgIpc) is 3.25. The molecular formula is C19H30N4O4S3. The molecule has 2 saturated heterocycles. The van der Waals surface area contributed by atoms with Gasteiger partial charge in [0.15, 0.2) is 0 Å². The lowest BCUT2D eigenvalue weighted by atomic mass is 10.0. The number of sulfonamides is 1. The Labute approximate surface area is 186 Å². The van der Waals surface area contributed by atoms with Gasteiger partial charge in [-0.3, -0.25) is 14.5 Å². The molecule has 11 heteroatoms. The Hall–Kier alpha value is -1.14. The number of likely N-dealkylation sites (tertiary alicyclic amines) is 1. The van der Waals surface area contributed by atoms with Gasteiger partial charge in [0.05, 0.1) is 6.54 Å². The molecule has 2 N–H and O–H groups in total. The maximum absolute atomic E-state index is 13.0. The molecule has 2 aliphatic rings. The summed E-state index contributed by atoms with van der Waals surface area (Å²) in [6, 6.07) is 1.52. The normalized spacial score (nSPS) is 19.5. The molecule has 2 amide bonds. The van der Waals surface area contributed by atoms with Crippen LogP contribution >= 0.6 is 23.1 Å². The minimum absolute atomic E-state index is 0.0171. The zero-order valence-corrected chi connectivity index (χ0v) is 19.7. The first-order valence-electron chi connectivity index (χ1n) is 10.4. The van der Waals surface area contributed by atoms with Crippen LogP contribution < -0.4 is 10.6 Å². The molecule has 3 heterocycles. The largest absolute Gasteiger partial charge is 0.355 e. The number of piperidine rings is 1. The summed E-state index contributed by atoms with van der Waals surface area (Å²) in [4.78, 5) is 27.2. The van der Waals surface area contributed by atoms with Gasteiger partial charge in [0.2, 0.25) is 15.9 Å². The highest BCUT2D eigenvalue weighted by molar-refractivity contribution is 7.99. The zero-order valence-electron chi connectivity index (χ0n) is 17.3. The number of rotatable bonds is 8. The first kappa shape index (κ1) is 23.5. The predicted molar refractivity (Wildman–Crippen MR) is 121 cm³/mol. The van der Waals surface area contributed by atoms with Gasteiger partial charge in [0.1, 0.15) is 9.77 Å². The molecule has 168 valence electrons. The second-order valence-electron chi connectivity index (χ2n) is 7.50. The van der Waals surface area contributed by atoms with Crippen molar-refractivity contribution in [2.24, 2.45) is 0 Å². The van der Waals surface area contributed by atoms with Gasteiger partial charge in [-0.25, -0.2) is 8.42 Å². The van der Waals surface area contributed by atoms with E-state index in [2.05, 4.69) is 15.5 Å². The number of hydrogen-bond donors (Lipinski definition) is 2. The van der Waals surface area contributed by atoms with Gasteiger partial charge in [-0.2, -0.15) is 16.1 Å². The molecule has 0 spiro atoms. The summed E-state index contributed by atoms with van der Waals surface area (Å²) in [7, 11) is -3.65. The van der Waals surface area contributed by atoms with Crippen LogP contribution in [0.2, 0.25) is 0 Å². The van der Waals surface area contributed by atoms with Crippen molar-refractivity contribution >= 4 is 44.9 Å². The van der Waals surface area contributed by atoms with Crippen molar-refractivity contribution < 1.29 is 18.0 Å². The number of thioether (sulfide) groups is 1. The first-order chi connectivity index (χ1) is 14.4. The Kier molecular flexibility index (Phi) is 8.58. The second-order valence-corrected chi connectivity index (χ2v) is 11.6. The average molecular weight is 475 g/mol. The van der Waals surface area contributed by atoms with Crippen molar-refractivity contribution in [2.45, 2.75) is 37.1 Å². The summed E-state index contributed by atoms with van der Waals surface area (Å²) in [5, 5.41) is 7.54. The van der Waals surface area contributed by atoms with Gasteiger partial charge < -0.3 is 10.6 Å². The van der Waals surface area contributed by atoms with E-state index in [4.69, 9.17) is 0 Å². The quantitative estimate of drug-likeness (QED) is 0.588. The Morgan fingerprint density at radius 1 is 1.17 bits per heavy atom. The van der Waals surface area contributed by atoms with Crippen LogP contribution in [0.25, 0.3) is 0 Å². The van der Waals surface area contributed by atoms with E-state index in [9.17, 15) is 18.0 Å². The lowest BCUT2D eigenvalue weighted by molar-refractivity contribution is -0.122. The van der Waals surface area contributed by atoms with Crippen LogP contribution in [0.4, 0.5) is 0 Å². The summed E-state index contributed by atoms with van der Waals surface area (Å²) in [5.74, 6) is 1.26. The zero-order chi connectivity index (χ0) is 21.6.